The van der Waals surface area contributed by atoms with Gasteiger partial charge in [-0.25, -0.2) is 19.2 Å². The van der Waals surface area contributed by atoms with Gasteiger partial charge in [-0.05, 0) is 76.9 Å². The molecule has 1 N–H and O–H groups in total. The van der Waals surface area contributed by atoms with Crippen molar-refractivity contribution in [1.82, 2.24) is 14.9 Å². The minimum atomic E-state index is -1.09. The van der Waals surface area contributed by atoms with E-state index >= 15 is 0 Å². The van der Waals surface area contributed by atoms with Crippen molar-refractivity contribution < 1.29 is 14.3 Å². The highest BCUT2D eigenvalue weighted by Gasteiger charge is 2.22. The minimum Gasteiger partial charge on any atom is -0.478 e. The molecule has 2 aromatic rings. The monoisotopic (exact) mass is 371 g/mol. The van der Waals surface area contributed by atoms with Crippen LogP contribution in [0.15, 0.2) is 24.3 Å². The first-order chi connectivity index (χ1) is 12.8. The fourth-order valence-corrected chi connectivity index (χ4v) is 3.71. The number of carboxylic acid groups (broad SMARTS) is 1. The van der Waals surface area contributed by atoms with E-state index in [-0.39, 0.29) is 5.56 Å². The van der Waals surface area contributed by atoms with E-state index in [9.17, 15) is 14.3 Å². The van der Waals surface area contributed by atoms with Gasteiger partial charge in [0.15, 0.2) is 0 Å². The van der Waals surface area contributed by atoms with E-state index in [0.29, 0.717) is 29.0 Å². The molecule has 2 heterocycles. The summed E-state index contributed by atoms with van der Waals surface area (Å²) < 4.78 is 13.7. The lowest BCUT2D eigenvalue weighted by Crippen LogP contribution is -2.39. The molecule has 6 heteroatoms. The highest BCUT2D eigenvalue weighted by atomic mass is 19.1. The molecule has 0 saturated carbocycles. The minimum absolute atomic E-state index is 0.0469. The van der Waals surface area contributed by atoms with Crippen LogP contribution in [0.2, 0.25) is 0 Å². The van der Waals surface area contributed by atoms with Crippen LogP contribution < -0.4 is 0 Å². The number of benzene rings is 1. The van der Waals surface area contributed by atoms with Gasteiger partial charge in [0.05, 0.1) is 11.3 Å². The summed E-state index contributed by atoms with van der Waals surface area (Å²) >= 11 is 0. The predicted octanol–water partition coefficient (Wildman–Crippen LogP) is 3.95. The molecule has 144 valence electrons. The Labute approximate surface area is 159 Å². The smallest absolute Gasteiger partial charge is 0.336 e. The number of halogens is 1. The topological polar surface area (TPSA) is 66.3 Å². The zero-order valence-electron chi connectivity index (χ0n) is 16.1. The summed E-state index contributed by atoms with van der Waals surface area (Å²) in [6, 6.07) is 5.95. The lowest BCUT2D eigenvalue weighted by molar-refractivity contribution is 0.0697. The highest BCUT2D eigenvalue weighted by Crippen LogP contribution is 2.26. The van der Waals surface area contributed by atoms with Crippen molar-refractivity contribution in [3.8, 4) is 11.3 Å². The second-order valence-corrected chi connectivity index (χ2v) is 7.58. The number of rotatable bonds is 5. The van der Waals surface area contributed by atoms with Crippen LogP contribution in [0.1, 0.15) is 48.6 Å². The summed E-state index contributed by atoms with van der Waals surface area (Å²) in [4.78, 5) is 23.1. The predicted molar refractivity (Wildman–Crippen MR) is 102 cm³/mol. The van der Waals surface area contributed by atoms with Crippen LogP contribution in [0.25, 0.3) is 11.3 Å². The van der Waals surface area contributed by atoms with Crippen molar-refractivity contribution in [2.45, 2.75) is 46.1 Å². The SMILES string of the molecule is Cc1cc(-c2cc(F)ccc2C(=O)O)nc(CC2CCN(C(C)C)CC2)n1. The average molecular weight is 371 g/mol. The van der Waals surface area contributed by atoms with E-state index in [2.05, 4.69) is 28.7 Å². The lowest BCUT2D eigenvalue weighted by atomic mass is 9.92. The zero-order chi connectivity index (χ0) is 19.6. The number of hydrogen-bond donors (Lipinski definition) is 1. The van der Waals surface area contributed by atoms with Crippen molar-refractivity contribution in [3.63, 3.8) is 0 Å². The van der Waals surface area contributed by atoms with Gasteiger partial charge in [0.2, 0.25) is 0 Å². The maximum Gasteiger partial charge on any atom is 0.336 e. The summed E-state index contributed by atoms with van der Waals surface area (Å²) in [5.41, 5.74) is 1.57. The fraction of sp³-hybridized carbons (Fsp3) is 0.476. The van der Waals surface area contributed by atoms with Crippen molar-refractivity contribution in [3.05, 3.63) is 47.2 Å². The fourth-order valence-electron chi connectivity index (χ4n) is 3.71. The van der Waals surface area contributed by atoms with Gasteiger partial charge in [0.25, 0.3) is 0 Å². The second kappa shape index (κ2) is 8.13. The molecule has 1 aliphatic heterocycles. The molecule has 1 fully saturated rings. The van der Waals surface area contributed by atoms with Crippen LogP contribution in [0.5, 0.6) is 0 Å². The Morgan fingerprint density at radius 1 is 1.26 bits per heavy atom. The van der Waals surface area contributed by atoms with Gasteiger partial charge in [-0.15, -0.1) is 0 Å². The van der Waals surface area contributed by atoms with E-state index in [1.54, 1.807) is 6.07 Å². The van der Waals surface area contributed by atoms with E-state index in [1.807, 2.05) is 6.92 Å². The molecule has 0 spiro atoms. The molecule has 0 atom stereocenters. The number of aromatic carboxylic acids is 1. The molecule has 0 bridgehead atoms. The molecule has 1 aliphatic rings. The van der Waals surface area contributed by atoms with Gasteiger partial charge in [-0.1, -0.05) is 0 Å². The summed E-state index contributed by atoms with van der Waals surface area (Å²) in [5, 5.41) is 9.42. The summed E-state index contributed by atoms with van der Waals surface area (Å²) in [7, 11) is 0. The third kappa shape index (κ3) is 4.69. The molecule has 3 rings (SSSR count). The van der Waals surface area contributed by atoms with Gasteiger partial charge >= 0.3 is 5.97 Å². The molecular weight excluding hydrogens is 345 g/mol. The molecule has 1 aromatic carbocycles. The van der Waals surface area contributed by atoms with Crippen LogP contribution >= 0.6 is 0 Å². The Morgan fingerprint density at radius 2 is 1.96 bits per heavy atom. The van der Waals surface area contributed by atoms with Crippen molar-refractivity contribution in [2.24, 2.45) is 5.92 Å². The first kappa shape index (κ1) is 19.4. The average Bonchev–Trinajstić information content (AvgIpc) is 2.61. The number of hydrogen-bond acceptors (Lipinski definition) is 4. The Morgan fingerprint density at radius 3 is 2.59 bits per heavy atom. The number of carbonyl (C=O) groups is 1. The first-order valence-electron chi connectivity index (χ1n) is 9.45. The molecule has 1 saturated heterocycles. The summed E-state index contributed by atoms with van der Waals surface area (Å²) in [5.74, 6) is -0.354. The molecule has 0 aliphatic carbocycles. The van der Waals surface area contributed by atoms with Crippen LogP contribution in [0, 0.1) is 18.7 Å². The number of likely N-dealkylation sites (tertiary alicyclic amines) is 1. The highest BCUT2D eigenvalue weighted by molar-refractivity contribution is 5.95. The van der Waals surface area contributed by atoms with Crippen molar-refractivity contribution in [2.75, 3.05) is 13.1 Å². The van der Waals surface area contributed by atoms with Crippen molar-refractivity contribution in [1.29, 1.82) is 0 Å². The normalized spacial score (nSPS) is 16.0. The number of piperidine rings is 1. The molecule has 0 amide bonds. The Bertz CT molecular complexity index is 830. The van der Waals surface area contributed by atoms with E-state index in [0.717, 1.165) is 44.1 Å². The van der Waals surface area contributed by atoms with Gasteiger partial charge in [0.1, 0.15) is 11.6 Å². The Hall–Kier alpha value is -2.34. The third-order valence-electron chi connectivity index (χ3n) is 5.24. The van der Waals surface area contributed by atoms with Crippen LogP contribution in [0.3, 0.4) is 0 Å². The van der Waals surface area contributed by atoms with E-state index in [4.69, 9.17) is 0 Å². The quantitative estimate of drug-likeness (QED) is 0.862. The maximum absolute atomic E-state index is 13.7. The Kier molecular flexibility index (Phi) is 5.85. The third-order valence-corrected chi connectivity index (χ3v) is 5.24. The standard InChI is InChI=1S/C21H26FN3O2/c1-13(2)25-8-6-15(7-9-25)11-20-23-14(3)10-19(24-20)18-12-16(22)4-5-17(18)21(26)27/h4-5,10,12-13,15H,6-9,11H2,1-3H3,(H,26,27). The molecular formula is C21H26FN3O2. The van der Waals surface area contributed by atoms with Gasteiger partial charge < -0.3 is 10.0 Å². The van der Waals surface area contributed by atoms with Crippen LogP contribution in [0.4, 0.5) is 4.39 Å². The number of aryl methyl sites for hydroxylation is 1. The van der Waals surface area contributed by atoms with Gasteiger partial charge in [0, 0.05) is 23.7 Å². The molecule has 27 heavy (non-hydrogen) atoms. The molecule has 0 radical (unpaired) electrons. The number of nitrogens with zero attached hydrogens (tertiary/aromatic N) is 3. The second-order valence-electron chi connectivity index (χ2n) is 7.58. The number of aromatic nitrogens is 2. The Balaban J connectivity index is 1.84. The first-order valence-corrected chi connectivity index (χ1v) is 9.45. The van der Waals surface area contributed by atoms with Crippen LogP contribution in [-0.2, 0) is 6.42 Å². The summed E-state index contributed by atoms with van der Waals surface area (Å²) in [6.07, 6.45) is 2.97. The largest absolute Gasteiger partial charge is 0.478 e. The zero-order valence-corrected chi connectivity index (χ0v) is 16.1. The summed E-state index contributed by atoms with van der Waals surface area (Å²) in [6.45, 7) is 8.45. The van der Waals surface area contributed by atoms with Gasteiger partial charge in [-0.3, -0.25) is 0 Å². The lowest BCUT2D eigenvalue weighted by Gasteiger charge is -2.34. The van der Waals surface area contributed by atoms with Crippen LogP contribution in [-0.4, -0.2) is 45.1 Å². The maximum atomic E-state index is 13.7. The molecule has 0 unspecified atom stereocenters. The van der Waals surface area contributed by atoms with E-state index < -0.39 is 11.8 Å². The number of carboxylic acids is 1. The molecule has 1 aromatic heterocycles. The van der Waals surface area contributed by atoms with E-state index in [1.165, 1.54) is 12.1 Å². The van der Waals surface area contributed by atoms with Gasteiger partial charge in [-0.2, -0.15) is 0 Å². The van der Waals surface area contributed by atoms with Crippen molar-refractivity contribution >= 4 is 5.97 Å². The molecule has 5 nitrogen and oxygen atoms in total.